The zero-order valence-corrected chi connectivity index (χ0v) is 10.8. The van der Waals surface area contributed by atoms with Crippen LogP contribution in [0.5, 0.6) is 5.75 Å². The SMILES string of the molecule is COc1cc2ccn(C)c2cc1-c1noc(CN)n1. The first-order valence-electron chi connectivity index (χ1n) is 5.89. The average molecular weight is 258 g/mol. The molecule has 2 aromatic heterocycles. The molecular weight excluding hydrogens is 244 g/mol. The van der Waals surface area contributed by atoms with Gasteiger partial charge in [-0.25, -0.2) is 0 Å². The minimum atomic E-state index is 0.224. The van der Waals surface area contributed by atoms with Gasteiger partial charge in [0, 0.05) is 24.1 Å². The Morgan fingerprint density at radius 1 is 1.42 bits per heavy atom. The fraction of sp³-hybridized carbons (Fsp3) is 0.231. The number of ether oxygens (including phenoxy) is 1. The normalized spacial score (nSPS) is 11.1. The Morgan fingerprint density at radius 2 is 2.26 bits per heavy atom. The fourth-order valence-electron chi connectivity index (χ4n) is 2.09. The van der Waals surface area contributed by atoms with Crippen molar-refractivity contribution in [2.24, 2.45) is 12.8 Å². The van der Waals surface area contributed by atoms with Gasteiger partial charge in [-0.05, 0) is 18.2 Å². The zero-order chi connectivity index (χ0) is 13.4. The number of hydrogen-bond acceptors (Lipinski definition) is 5. The third-order valence-electron chi connectivity index (χ3n) is 3.09. The largest absolute Gasteiger partial charge is 0.496 e. The van der Waals surface area contributed by atoms with Crippen LogP contribution in [0.15, 0.2) is 28.9 Å². The quantitative estimate of drug-likeness (QED) is 0.773. The highest BCUT2D eigenvalue weighted by Gasteiger charge is 2.15. The molecule has 2 heterocycles. The molecule has 0 fully saturated rings. The van der Waals surface area contributed by atoms with Crippen molar-refractivity contribution in [1.82, 2.24) is 14.7 Å². The maximum absolute atomic E-state index is 5.48. The van der Waals surface area contributed by atoms with Crippen molar-refractivity contribution in [3.05, 3.63) is 30.3 Å². The number of nitrogens with two attached hydrogens (primary N) is 1. The Kier molecular flexibility index (Phi) is 2.72. The van der Waals surface area contributed by atoms with Crippen LogP contribution in [0, 0.1) is 0 Å². The Morgan fingerprint density at radius 3 is 2.95 bits per heavy atom. The molecule has 6 nitrogen and oxygen atoms in total. The summed E-state index contributed by atoms with van der Waals surface area (Å²) in [5.41, 5.74) is 7.35. The lowest BCUT2D eigenvalue weighted by molar-refractivity contribution is 0.380. The fourth-order valence-corrected chi connectivity index (χ4v) is 2.09. The number of rotatable bonds is 3. The van der Waals surface area contributed by atoms with E-state index in [4.69, 9.17) is 15.0 Å². The molecule has 0 radical (unpaired) electrons. The van der Waals surface area contributed by atoms with Crippen molar-refractivity contribution >= 4 is 10.9 Å². The van der Waals surface area contributed by atoms with E-state index < -0.39 is 0 Å². The van der Waals surface area contributed by atoms with E-state index in [1.165, 1.54) is 0 Å². The molecule has 0 bridgehead atoms. The van der Waals surface area contributed by atoms with Gasteiger partial charge in [-0.3, -0.25) is 0 Å². The summed E-state index contributed by atoms with van der Waals surface area (Å²) >= 11 is 0. The molecule has 0 aliphatic rings. The first kappa shape index (κ1) is 11.7. The maximum atomic E-state index is 5.48. The van der Waals surface area contributed by atoms with Gasteiger partial charge in [-0.2, -0.15) is 4.98 Å². The molecular formula is C13H14N4O2. The van der Waals surface area contributed by atoms with Crippen LogP contribution in [0.2, 0.25) is 0 Å². The molecule has 0 aliphatic heterocycles. The van der Waals surface area contributed by atoms with Crippen LogP contribution in [0.1, 0.15) is 5.89 Å². The maximum Gasteiger partial charge on any atom is 0.240 e. The Balaban J connectivity index is 2.22. The summed E-state index contributed by atoms with van der Waals surface area (Å²) in [5, 5.41) is 5.03. The predicted molar refractivity (Wildman–Crippen MR) is 70.7 cm³/mol. The van der Waals surface area contributed by atoms with Crippen LogP contribution < -0.4 is 10.5 Å². The van der Waals surface area contributed by atoms with Crippen LogP contribution >= 0.6 is 0 Å². The van der Waals surface area contributed by atoms with Crippen LogP contribution in [-0.4, -0.2) is 21.8 Å². The first-order chi connectivity index (χ1) is 9.22. The third-order valence-corrected chi connectivity index (χ3v) is 3.09. The van der Waals surface area contributed by atoms with Gasteiger partial charge in [0.05, 0.1) is 19.2 Å². The van der Waals surface area contributed by atoms with E-state index in [0.717, 1.165) is 16.5 Å². The van der Waals surface area contributed by atoms with Gasteiger partial charge >= 0.3 is 0 Å². The number of aromatic nitrogens is 3. The zero-order valence-electron chi connectivity index (χ0n) is 10.8. The van der Waals surface area contributed by atoms with E-state index in [1.54, 1.807) is 7.11 Å². The molecule has 6 heteroatoms. The topological polar surface area (TPSA) is 79.1 Å². The summed E-state index contributed by atoms with van der Waals surface area (Å²) in [6.45, 7) is 0.224. The molecule has 0 atom stereocenters. The van der Waals surface area contributed by atoms with E-state index >= 15 is 0 Å². The Hall–Kier alpha value is -2.34. The number of fused-ring (bicyclic) bond motifs is 1. The van der Waals surface area contributed by atoms with E-state index in [9.17, 15) is 0 Å². The highest BCUT2D eigenvalue weighted by Crippen LogP contribution is 2.32. The van der Waals surface area contributed by atoms with E-state index in [0.29, 0.717) is 17.5 Å². The standard InChI is InChI=1S/C13H14N4O2/c1-17-4-3-8-5-11(18-2)9(6-10(8)17)13-15-12(7-14)19-16-13/h3-6H,7,14H2,1-2H3. The monoisotopic (exact) mass is 258 g/mol. The Bertz CT molecular complexity index is 729. The second kappa shape index (κ2) is 4.40. The van der Waals surface area contributed by atoms with Gasteiger partial charge < -0.3 is 19.6 Å². The summed E-state index contributed by atoms with van der Waals surface area (Å²) in [4.78, 5) is 4.24. The van der Waals surface area contributed by atoms with Gasteiger partial charge in [-0.1, -0.05) is 5.16 Å². The molecule has 3 aromatic rings. The van der Waals surface area contributed by atoms with Crippen molar-refractivity contribution in [2.45, 2.75) is 6.54 Å². The number of methoxy groups -OCH3 is 1. The molecule has 1 aromatic carbocycles. The minimum absolute atomic E-state index is 0.224. The summed E-state index contributed by atoms with van der Waals surface area (Å²) in [7, 11) is 3.61. The molecule has 0 amide bonds. The number of benzene rings is 1. The van der Waals surface area contributed by atoms with Crippen molar-refractivity contribution in [3.63, 3.8) is 0 Å². The van der Waals surface area contributed by atoms with Gasteiger partial charge in [0.2, 0.25) is 11.7 Å². The van der Waals surface area contributed by atoms with E-state index in [2.05, 4.69) is 10.1 Å². The highest BCUT2D eigenvalue weighted by molar-refractivity contribution is 5.87. The molecule has 2 N–H and O–H groups in total. The van der Waals surface area contributed by atoms with Gasteiger partial charge in [0.1, 0.15) is 5.75 Å². The number of aryl methyl sites for hydroxylation is 1. The van der Waals surface area contributed by atoms with Crippen molar-refractivity contribution < 1.29 is 9.26 Å². The summed E-state index contributed by atoms with van der Waals surface area (Å²) in [6, 6.07) is 5.98. The van der Waals surface area contributed by atoms with Crippen molar-refractivity contribution in [2.75, 3.05) is 7.11 Å². The summed E-state index contributed by atoms with van der Waals surface area (Å²) in [6.07, 6.45) is 2.00. The molecule has 0 aliphatic carbocycles. The molecule has 19 heavy (non-hydrogen) atoms. The Labute approximate surface area is 109 Å². The second-order valence-corrected chi connectivity index (χ2v) is 4.25. The lowest BCUT2D eigenvalue weighted by Gasteiger charge is -2.06. The lowest BCUT2D eigenvalue weighted by atomic mass is 10.1. The summed E-state index contributed by atoms with van der Waals surface area (Å²) < 4.78 is 12.5. The molecule has 3 rings (SSSR count). The van der Waals surface area contributed by atoms with Crippen molar-refractivity contribution in [3.8, 4) is 17.1 Å². The molecule has 0 spiro atoms. The average Bonchev–Trinajstić information content (AvgIpc) is 3.04. The van der Waals surface area contributed by atoms with Gasteiger partial charge in [-0.15, -0.1) is 0 Å². The summed E-state index contributed by atoms with van der Waals surface area (Å²) in [5.74, 6) is 1.60. The number of hydrogen-bond donors (Lipinski definition) is 1. The van der Waals surface area contributed by atoms with E-state index in [1.807, 2.05) is 36.0 Å². The van der Waals surface area contributed by atoms with Gasteiger partial charge in [0.15, 0.2) is 0 Å². The van der Waals surface area contributed by atoms with Gasteiger partial charge in [0.25, 0.3) is 0 Å². The third kappa shape index (κ3) is 1.86. The molecule has 0 saturated carbocycles. The second-order valence-electron chi connectivity index (χ2n) is 4.25. The smallest absolute Gasteiger partial charge is 0.240 e. The minimum Gasteiger partial charge on any atom is -0.496 e. The molecule has 0 unspecified atom stereocenters. The van der Waals surface area contributed by atoms with Crippen LogP contribution in [-0.2, 0) is 13.6 Å². The van der Waals surface area contributed by atoms with Crippen molar-refractivity contribution in [1.29, 1.82) is 0 Å². The lowest BCUT2D eigenvalue weighted by Crippen LogP contribution is -1.96. The molecule has 0 saturated heterocycles. The van der Waals surface area contributed by atoms with Crippen LogP contribution in [0.25, 0.3) is 22.3 Å². The van der Waals surface area contributed by atoms with E-state index in [-0.39, 0.29) is 6.54 Å². The molecule has 98 valence electrons. The van der Waals surface area contributed by atoms with Crippen LogP contribution in [0.4, 0.5) is 0 Å². The first-order valence-corrected chi connectivity index (χ1v) is 5.89. The predicted octanol–water partition coefficient (Wildman–Crippen LogP) is 1.70. The van der Waals surface area contributed by atoms with Crippen LogP contribution in [0.3, 0.4) is 0 Å². The highest BCUT2D eigenvalue weighted by atomic mass is 16.5. The number of nitrogens with zero attached hydrogens (tertiary/aromatic N) is 3.